The van der Waals surface area contributed by atoms with Gasteiger partial charge in [0.15, 0.2) is 17.4 Å². The summed E-state index contributed by atoms with van der Waals surface area (Å²) in [5.41, 5.74) is -1.40. The average Bonchev–Trinajstić information content (AvgIpc) is 2.98. The lowest BCUT2D eigenvalue weighted by Crippen LogP contribution is -2.49. The van der Waals surface area contributed by atoms with E-state index in [1.54, 1.807) is 11.0 Å². The number of piperazine rings is 1. The molecule has 0 aliphatic carbocycles. The molecular weight excluding hydrogens is 487 g/mol. The standard InChI is InChI=1S/C24H17F5N4O3/c25-16-11-18-19(12-17(16)26)36-22-14(21(34)30-18)5-6-20(31-22)32-7-9-33(10-8-32)23(35)13-3-1-2-4-15(13)24(27,28)29/h1-6,11-12H,7-10H2,(H,30,34). The number of alkyl halides is 3. The van der Waals surface area contributed by atoms with E-state index in [9.17, 15) is 31.5 Å². The van der Waals surface area contributed by atoms with Crippen molar-refractivity contribution in [3.8, 4) is 11.6 Å². The largest absolute Gasteiger partial charge is 0.436 e. The molecule has 7 nitrogen and oxygen atoms in total. The predicted molar refractivity (Wildman–Crippen MR) is 118 cm³/mol. The summed E-state index contributed by atoms with van der Waals surface area (Å²) in [4.78, 5) is 32.8. The molecule has 2 amide bonds. The van der Waals surface area contributed by atoms with Crippen LogP contribution in [0.25, 0.3) is 0 Å². The number of nitrogens with one attached hydrogen (secondary N) is 1. The molecule has 0 spiro atoms. The number of halogens is 5. The van der Waals surface area contributed by atoms with Crippen LogP contribution in [0.5, 0.6) is 11.6 Å². The Bertz CT molecular complexity index is 1370. The van der Waals surface area contributed by atoms with E-state index in [1.165, 1.54) is 23.1 Å². The molecule has 1 N–H and O–H groups in total. The average molecular weight is 504 g/mol. The molecule has 0 unspecified atom stereocenters. The molecule has 12 heteroatoms. The highest BCUT2D eigenvalue weighted by molar-refractivity contribution is 6.07. The maximum absolute atomic E-state index is 13.7. The second kappa shape index (κ2) is 8.77. The normalized spacial score (nSPS) is 15.4. The van der Waals surface area contributed by atoms with E-state index in [2.05, 4.69) is 10.3 Å². The van der Waals surface area contributed by atoms with Gasteiger partial charge in [-0.3, -0.25) is 9.59 Å². The van der Waals surface area contributed by atoms with Gasteiger partial charge in [-0.15, -0.1) is 0 Å². The van der Waals surface area contributed by atoms with Gasteiger partial charge in [0.1, 0.15) is 11.4 Å². The fourth-order valence-corrected chi connectivity index (χ4v) is 4.09. The minimum absolute atomic E-state index is 0.0494. The molecule has 0 atom stereocenters. The molecule has 3 heterocycles. The third-order valence-electron chi connectivity index (χ3n) is 5.92. The summed E-state index contributed by atoms with van der Waals surface area (Å²) in [5, 5.41) is 2.45. The van der Waals surface area contributed by atoms with Gasteiger partial charge in [0, 0.05) is 38.3 Å². The van der Waals surface area contributed by atoms with Crippen molar-refractivity contribution in [1.82, 2.24) is 9.88 Å². The Morgan fingerprint density at radius 1 is 0.972 bits per heavy atom. The monoisotopic (exact) mass is 504 g/mol. The van der Waals surface area contributed by atoms with Gasteiger partial charge in [-0.25, -0.2) is 8.78 Å². The summed E-state index contributed by atoms with van der Waals surface area (Å²) in [5.74, 6) is -3.50. The smallest absolute Gasteiger partial charge is 0.417 e. The van der Waals surface area contributed by atoms with Gasteiger partial charge < -0.3 is 19.9 Å². The van der Waals surface area contributed by atoms with Gasteiger partial charge in [0.05, 0.1) is 16.8 Å². The zero-order valence-corrected chi connectivity index (χ0v) is 18.4. The van der Waals surface area contributed by atoms with Crippen molar-refractivity contribution in [3.05, 3.63) is 76.9 Å². The first-order chi connectivity index (χ1) is 17.1. The van der Waals surface area contributed by atoms with Crippen LogP contribution in [0.4, 0.5) is 33.5 Å². The van der Waals surface area contributed by atoms with Crippen LogP contribution in [0.3, 0.4) is 0 Å². The number of anilines is 2. The minimum Gasteiger partial charge on any atom is -0.436 e. The molecule has 2 aromatic carbocycles. The van der Waals surface area contributed by atoms with Gasteiger partial charge in [0.25, 0.3) is 11.8 Å². The van der Waals surface area contributed by atoms with Crippen molar-refractivity contribution in [2.24, 2.45) is 0 Å². The molecule has 2 aliphatic rings. The Morgan fingerprint density at radius 2 is 1.67 bits per heavy atom. The number of hydrogen-bond acceptors (Lipinski definition) is 5. The Kier molecular flexibility index (Phi) is 5.73. The number of pyridine rings is 1. The third kappa shape index (κ3) is 4.30. The van der Waals surface area contributed by atoms with Crippen LogP contribution in [-0.2, 0) is 6.18 Å². The van der Waals surface area contributed by atoms with Gasteiger partial charge in [0.2, 0.25) is 5.88 Å². The number of fused-ring (bicyclic) bond motifs is 2. The first-order valence-corrected chi connectivity index (χ1v) is 10.8. The molecule has 0 saturated carbocycles. The van der Waals surface area contributed by atoms with E-state index in [4.69, 9.17) is 4.74 Å². The quantitative estimate of drug-likeness (QED) is 0.513. The molecule has 2 aliphatic heterocycles. The van der Waals surface area contributed by atoms with Crippen molar-refractivity contribution < 1.29 is 36.3 Å². The number of benzene rings is 2. The number of aromatic nitrogens is 1. The second-order valence-electron chi connectivity index (χ2n) is 8.16. The van der Waals surface area contributed by atoms with Crippen LogP contribution in [0.1, 0.15) is 26.3 Å². The summed E-state index contributed by atoms with van der Waals surface area (Å²) in [6.45, 7) is 0.791. The van der Waals surface area contributed by atoms with Crippen LogP contribution in [0, 0.1) is 11.6 Å². The third-order valence-corrected chi connectivity index (χ3v) is 5.92. The van der Waals surface area contributed by atoms with Crippen LogP contribution >= 0.6 is 0 Å². The molecule has 0 radical (unpaired) electrons. The lowest BCUT2D eigenvalue weighted by molar-refractivity contribution is -0.138. The number of amides is 2. The molecule has 186 valence electrons. The van der Waals surface area contributed by atoms with Gasteiger partial charge >= 0.3 is 6.18 Å². The van der Waals surface area contributed by atoms with Gasteiger partial charge in [-0.2, -0.15) is 18.2 Å². The summed E-state index contributed by atoms with van der Waals surface area (Å²) in [7, 11) is 0. The van der Waals surface area contributed by atoms with Gasteiger partial charge in [-0.1, -0.05) is 12.1 Å². The topological polar surface area (TPSA) is 74.8 Å². The van der Waals surface area contributed by atoms with Crippen molar-refractivity contribution in [2.75, 3.05) is 36.4 Å². The number of carbonyl (C=O) groups excluding carboxylic acids is 2. The van der Waals surface area contributed by atoms with Crippen molar-refractivity contribution >= 4 is 23.3 Å². The highest BCUT2D eigenvalue weighted by atomic mass is 19.4. The van der Waals surface area contributed by atoms with Crippen LogP contribution in [0.2, 0.25) is 0 Å². The van der Waals surface area contributed by atoms with Crippen molar-refractivity contribution in [3.63, 3.8) is 0 Å². The van der Waals surface area contributed by atoms with E-state index >= 15 is 0 Å². The lowest BCUT2D eigenvalue weighted by Gasteiger charge is -2.36. The zero-order chi connectivity index (χ0) is 25.6. The highest BCUT2D eigenvalue weighted by Crippen LogP contribution is 2.37. The number of nitrogens with zero attached hydrogens (tertiary/aromatic N) is 3. The Balaban J connectivity index is 1.34. The van der Waals surface area contributed by atoms with Crippen LogP contribution in [-0.4, -0.2) is 47.9 Å². The zero-order valence-electron chi connectivity index (χ0n) is 18.4. The Hall–Kier alpha value is -4.22. The Labute approximate surface area is 201 Å². The summed E-state index contributed by atoms with van der Waals surface area (Å²) < 4.78 is 72.9. The number of carbonyl (C=O) groups is 2. The molecular formula is C24H17F5N4O3. The molecule has 1 aromatic heterocycles. The summed E-state index contributed by atoms with van der Waals surface area (Å²) >= 11 is 0. The number of ether oxygens (including phenoxy) is 1. The SMILES string of the molecule is O=C1Nc2cc(F)c(F)cc2Oc2nc(N3CCN(C(=O)c4ccccc4C(F)(F)F)CC3)ccc21. The van der Waals surface area contributed by atoms with Crippen molar-refractivity contribution in [1.29, 1.82) is 0 Å². The molecule has 1 saturated heterocycles. The first kappa shape index (κ1) is 23.5. The first-order valence-electron chi connectivity index (χ1n) is 10.8. The summed E-state index contributed by atoms with van der Waals surface area (Å²) in [6.07, 6.45) is -4.65. The summed E-state index contributed by atoms with van der Waals surface area (Å²) in [6, 6.07) is 9.25. The fourth-order valence-electron chi connectivity index (χ4n) is 4.09. The van der Waals surface area contributed by atoms with E-state index in [-0.39, 0.29) is 49.1 Å². The van der Waals surface area contributed by atoms with E-state index in [0.29, 0.717) is 5.82 Å². The van der Waals surface area contributed by atoms with Crippen LogP contribution in [0.15, 0.2) is 48.5 Å². The van der Waals surface area contributed by atoms with E-state index in [0.717, 1.165) is 24.3 Å². The maximum Gasteiger partial charge on any atom is 0.417 e. The highest BCUT2D eigenvalue weighted by Gasteiger charge is 2.36. The molecule has 5 rings (SSSR count). The van der Waals surface area contributed by atoms with Crippen LogP contribution < -0.4 is 15.0 Å². The number of rotatable bonds is 2. The maximum atomic E-state index is 13.7. The Morgan fingerprint density at radius 3 is 2.39 bits per heavy atom. The van der Waals surface area contributed by atoms with E-state index in [1.807, 2.05) is 0 Å². The molecule has 1 fully saturated rings. The van der Waals surface area contributed by atoms with Gasteiger partial charge in [-0.05, 0) is 24.3 Å². The second-order valence-corrected chi connectivity index (χ2v) is 8.16. The predicted octanol–water partition coefficient (Wildman–Crippen LogP) is 4.70. The van der Waals surface area contributed by atoms with Crippen molar-refractivity contribution in [2.45, 2.75) is 6.18 Å². The van der Waals surface area contributed by atoms with E-state index < -0.39 is 40.8 Å². The lowest BCUT2D eigenvalue weighted by atomic mass is 10.1. The molecule has 0 bridgehead atoms. The minimum atomic E-state index is -4.65. The fraction of sp³-hybridized carbons (Fsp3) is 0.208. The number of hydrogen-bond donors (Lipinski definition) is 1. The molecule has 36 heavy (non-hydrogen) atoms. The molecule has 3 aromatic rings.